The first-order chi connectivity index (χ1) is 14.0. The van der Waals surface area contributed by atoms with E-state index < -0.39 is 17.5 Å². The molecule has 5 nitrogen and oxygen atoms in total. The summed E-state index contributed by atoms with van der Waals surface area (Å²) in [5.41, 5.74) is -0.397. The second-order valence-electron chi connectivity index (χ2n) is 6.90. The van der Waals surface area contributed by atoms with Crippen molar-refractivity contribution in [2.45, 2.75) is 25.0 Å². The molecule has 0 radical (unpaired) electrons. The number of hydrogen-bond donors (Lipinski definition) is 1. The van der Waals surface area contributed by atoms with Gasteiger partial charge in [0.1, 0.15) is 11.6 Å². The predicted molar refractivity (Wildman–Crippen MR) is 107 cm³/mol. The lowest BCUT2D eigenvalue weighted by atomic mass is 9.85. The van der Waals surface area contributed by atoms with Crippen molar-refractivity contribution in [1.29, 1.82) is 5.26 Å². The van der Waals surface area contributed by atoms with Crippen LogP contribution in [0.5, 0.6) is 5.75 Å². The first-order valence-corrected chi connectivity index (χ1v) is 10.3. The molecule has 1 N–H and O–H groups in total. The van der Waals surface area contributed by atoms with Crippen LogP contribution in [0.15, 0.2) is 59.1 Å². The highest BCUT2D eigenvalue weighted by Gasteiger charge is 2.52. The van der Waals surface area contributed by atoms with Gasteiger partial charge in [0.05, 0.1) is 29.0 Å². The number of amides is 1. The maximum Gasteiger partial charge on any atom is 0.231 e. The smallest absolute Gasteiger partial charge is 0.231 e. The van der Waals surface area contributed by atoms with Crippen LogP contribution >= 0.6 is 11.8 Å². The summed E-state index contributed by atoms with van der Waals surface area (Å²) in [7, 11) is 0. The first kappa shape index (κ1) is 19.5. The molecule has 7 heteroatoms. The van der Waals surface area contributed by atoms with E-state index in [1.807, 2.05) is 6.92 Å². The topological polar surface area (TPSA) is 73.6 Å². The van der Waals surface area contributed by atoms with Crippen LogP contribution in [-0.4, -0.2) is 28.3 Å². The summed E-state index contributed by atoms with van der Waals surface area (Å²) >= 11 is 1.24. The Morgan fingerprint density at radius 2 is 2.03 bits per heavy atom. The summed E-state index contributed by atoms with van der Waals surface area (Å²) in [4.78, 5) is 14.3. The summed E-state index contributed by atoms with van der Waals surface area (Å²) in [6, 6.07) is 15.3. The number of benzene rings is 2. The minimum atomic E-state index is -1.57. The first-order valence-electron chi connectivity index (χ1n) is 9.30. The van der Waals surface area contributed by atoms with Crippen molar-refractivity contribution in [3.8, 4) is 11.8 Å². The van der Waals surface area contributed by atoms with E-state index in [-0.39, 0.29) is 18.1 Å². The number of nitrogens with zero attached hydrogens (tertiary/aromatic N) is 2. The summed E-state index contributed by atoms with van der Waals surface area (Å²) in [6.07, 6.45) is -0.0762. The molecule has 1 amide bonds. The SMILES string of the molecule is CCOc1ccc(C2(O)CSC3=C(C#N)C(c4ccccc4F)CC(=O)N32)cc1. The molecule has 0 spiro atoms. The quantitative estimate of drug-likeness (QED) is 0.828. The average Bonchev–Trinajstić information content (AvgIpc) is 3.08. The van der Waals surface area contributed by atoms with E-state index in [9.17, 15) is 19.6 Å². The number of aliphatic hydroxyl groups is 1. The van der Waals surface area contributed by atoms with Crippen LogP contribution in [0, 0.1) is 17.1 Å². The van der Waals surface area contributed by atoms with E-state index in [1.54, 1.807) is 42.5 Å². The lowest BCUT2D eigenvalue weighted by molar-refractivity contribution is -0.149. The van der Waals surface area contributed by atoms with Gasteiger partial charge in [-0.2, -0.15) is 5.26 Å². The van der Waals surface area contributed by atoms with Gasteiger partial charge in [-0.05, 0) is 30.7 Å². The second-order valence-corrected chi connectivity index (χ2v) is 7.86. The Hall–Kier alpha value is -2.82. The van der Waals surface area contributed by atoms with Crippen LogP contribution < -0.4 is 4.74 Å². The standard InChI is InChI=1S/C22H19FN2O3S/c1-2-28-15-9-7-14(8-10-15)22(27)13-29-21-18(12-24)17(11-20(26)25(21)22)16-5-3-4-6-19(16)23/h3-10,17,27H,2,11,13H2,1H3. The molecule has 2 unspecified atom stereocenters. The van der Waals surface area contributed by atoms with E-state index in [1.165, 1.54) is 22.7 Å². The Morgan fingerprint density at radius 1 is 1.31 bits per heavy atom. The van der Waals surface area contributed by atoms with E-state index in [4.69, 9.17) is 4.74 Å². The fraction of sp³-hybridized carbons (Fsp3) is 0.273. The van der Waals surface area contributed by atoms with Gasteiger partial charge in [0.15, 0.2) is 5.72 Å². The zero-order valence-electron chi connectivity index (χ0n) is 15.8. The number of ether oxygens (including phenoxy) is 1. The number of nitriles is 1. The van der Waals surface area contributed by atoms with Gasteiger partial charge in [0.2, 0.25) is 5.91 Å². The Labute approximate surface area is 172 Å². The average molecular weight is 410 g/mol. The van der Waals surface area contributed by atoms with Crippen LogP contribution in [0.2, 0.25) is 0 Å². The molecule has 2 atom stereocenters. The Kier molecular flexibility index (Phi) is 5.07. The molecular weight excluding hydrogens is 391 g/mol. The van der Waals surface area contributed by atoms with Gasteiger partial charge in [-0.1, -0.05) is 30.3 Å². The lowest BCUT2D eigenvalue weighted by Crippen LogP contribution is -2.48. The summed E-state index contributed by atoms with van der Waals surface area (Å²) in [5.74, 6) is -0.582. The molecule has 29 heavy (non-hydrogen) atoms. The molecule has 1 saturated heterocycles. The third kappa shape index (κ3) is 3.18. The molecule has 1 fully saturated rings. The van der Waals surface area contributed by atoms with E-state index in [2.05, 4.69) is 6.07 Å². The number of allylic oxidation sites excluding steroid dienone is 1. The van der Waals surface area contributed by atoms with Crippen molar-refractivity contribution in [1.82, 2.24) is 4.90 Å². The van der Waals surface area contributed by atoms with Crippen molar-refractivity contribution in [3.63, 3.8) is 0 Å². The number of carbonyl (C=O) groups is 1. The molecule has 148 valence electrons. The molecule has 2 aromatic rings. The number of rotatable bonds is 4. The lowest BCUT2D eigenvalue weighted by Gasteiger charge is -2.38. The molecule has 2 aromatic carbocycles. The minimum absolute atomic E-state index is 0.0762. The van der Waals surface area contributed by atoms with E-state index >= 15 is 0 Å². The molecule has 0 aliphatic carbocycles. The highest BCUT2D eigenvalue weighted by Crippen LogP contribution is 2.52. The largest absolute Gasteiger partial charge is 0.494 e. The highest BCUT2D eigenvalue weighted by molar-refractivity contribution is 8.03. The second kappa shape index (κ2) is 7.54. The number of fused-ring (bicyclic) bond motifs is 1. The van der Waals surface area contributed by atoms with Crippen LogP contribution in [0.3, 0.4) is 0 Å². The normalized spacial score (nSPS) is 23.7. The van der Waals surface area contributed by atoms with Gasteiger partial charge in [-0.25, -0.2) is 4.39 Å². The number of hydrogen-bond acceptors (Lipinski definition) is 5. The van der Waals surface area contributed by atoms with Gasteiger partial charge in [0, 0.05) is 17.9 Å². The molecular formula is C22H19FN2O3S. The van der Waals surface area contributed by atoms with Crippen LogP contribution in [0.4, 0.5) is 4.39 Å². The molecule has 0 saturated carbocycles. The molecule has 2 aliphatic rings. The molecule has 2 aliphatic heterocycles. The van der Waals surface area contributed by atoms with E-state index in [0.29, 0.717) is 34.1 Å². The third-order valence-electron chi connectivity index (χ3n) is 5.22. The minimum Gasteiger partial charge on any atom is -0.494 e. The van der Waals surface area contributed by atoms with Crippen molar-refractivity contribution in [3.05, 3.63) is 76.1 Å². The third-order valence-corrected chi connectivity index (χ3v) is 6.44. The number of thioether (sulfide) groups is 1. The molecule has 0 aromatic heterocycles. The number of halogens is 1. The zero-order chi connectivity index (χ0) is 20.6. The monoisotopic (exact) mass is 410 g/mol. The Balaban J connectivity index is 1.76. The van der Waals surface area contributed by atoms with Crippen LogP contribution in [-0.2, 0) is 10.5 Å². The maximum atomic E-state index is 14.3. The van der Waals surface area contributed by atoms with E-state index in [0.717, 1.165) is 0 Å². The molecule has 0 bridgehead atoms. The fourth-order valence-electron chi connectivity index (χ4n) is 3.85. The van der Waals surface area contributed by atoms with Gasteiger partial charge in [-0.15, -0.1) is 11.8 Å². The van der Waals surface area contributed by atoms with Crippen LogP contribution in [0.25, 0.3) is 0 Å². The highest BCUT2D eigenvalue weighted by atomic mass is 32.2. The van der Waals surface area contributed by atoms with Crippen molar-refractivity contribution >= 4 is 17.7 Å². The summed E-state index contributed by atoms with van der Waals surface area (Å²) in [5, 5.41) is 21.6. The van der Waals surface area contributed by atoms with Gasteiger partial charge in [0.25, 0.3) is 0 Å². The maximum absolute atomic E-state index is 14.3. The van der Waals surface area contributed by atoms with Gasteiger partial charge >= 0.3 is 0 Å². The van der Waals surface area contributed by atoms with Crippen molar-refractivity contribution < 1.29 is 19.0 Å². The summed E-state index contributed by atoms with van der Waals surface area (Å²) in [6.45, 7) is 2.41. The van der Waals surface area contributed by atoms with Crippen LogP contribution in [0.1, 0.15) is 30.4 Å². The van der Waals surface area contributed by atoms with Crippen molar-refractivity contribution in [2.75, 3.05) is 12.4 Å². The van der Waals surface area contributed by atoms with Gasteiger partial charge < -0.3 is 9.84 Å². The van der Waals surface area contributed by atoms with Gasteiger partial charge in [-0.3, -0.25) is 9.69 Å². The Morgan fingerprint density at radius 3 is 2.69 bits per heavy atom. The summed E-state index contributed by atoms with van der Waals surface area (Å²) < 4.78 is 19.8. The number of carbonyl (C=O) groups excluding carboxylic acids is 1. The van der Waals surface area contributed by atoms with Crippen molar-refractivity contribution in [2.24, 2.45) is 0 Å². The molecule has 4 rings (SSSR count). The Bertz CT molecular complexity index is 1030. The zero-order valence-corrected chi connectivity index (χ0v) is 16.6. The predicted octanol–water partition coefficient (Wildman–Crippen LogP) is 3.87. The fourth-order valence-corrected chi connectivity index (χ4v) is 5.21. The molecule has 2 heterocycles.